The molecule has 0 aromatic heterocycles. The van der Waals surface area contributed by atoms with Crippen LogP contribution in [0.5, 0.6) is 0 Å². The highest BCUT2D eigenvalue weighted by Crippen LogP contribution is 2.39. The van der Waals surface area contributed by atoms with Crippen LogP contribution < -0.4 is 0 Å². The van der Waals surface area contributed by atoms with Gasteiger partial charge < -0.3 is 9.84 Å². The lowest BCUT2D eigenvalue weighted by molar-refractivity contribution is -0.0679. The predicted molar refractivity (Wildman–Crippen MR) is 86.0 cm³/mol. The second kappa shape index (κ2) is 5.58. The van der Waals surface area contributed by atoms with Crippen molar-refractivity contribution in [2.45, 2.75) is 51.6 Å². The number of allylic oxidation sites excluding steroid dienone is 2. The van der Waals surface area contributed by atoms with E-state index < -0.39 is 5.60 Å². The largest absolute Gasteiger partial charge is 0.385 e. The number of hydrogen-bond donors (Lipinski definition) is 1. The molecule has 1 aromatic carbocycles. The molecule has 0 atom stereocenters. The molecule has 21 heavy (non-hydrogen) atoms. The average molecular weight is 286 g/mol. The monoisotopic (exact) mass is 286 g/mol. The van der Waals surface area contributed by atoms with Crippen molar-refractivity contribution < 1.29 is 9.84 Å². The van der Waals surface area contributed by atoms with E-state index in [2.05, 4.69) is 44.2 Å². The van der Waals surface area contributed by atoms with Crippen LogP contribution in [0.15, 0.2) is 30.3 Å². The summed E-state index contributed by atoms with van der Waals surface area (Å²) in [6.45, 7) is 5.97. The van der Waals surface area contributed by atoms with Gasteiger partial charge in [-0.15, -0.1) is 0 Å². The zero-order valence-corrected chi connectivity index (χ0v) is 13.2. The Labute approximate surface area is 127 Å². The lowest BCUT2D eigenvalue weighted by Crippen LogP contribution is -2.33. The van der Waals surface area contributed by atoms with E-state index in [1.54, 1.807) is 0 Å². The van der Waals surface area contributed by atoms with E-state index in [0.717, 1.165) is 18.4 Å². The van der Waals surface area contributed by atoms with Crippen LogP contribution in [0.4, 0.5) is 0 Å². The summed E-state index contributed by atoms with van der Waals surface area (Å²) < 4.78 is 5.38. The lowest BCUT2D eigenvalue weighted by atomic mass is 9.76. The number of aliphatic hydroxyl groups is 1. The van der Waals surface area contributed by atoms with Gasteiger partial charge in [0.25, 0.3) is 0 Å². The Hall–Kier alpha value is -1.12. The SMILES string of the molecule is CC1(C)CC=C(c2cccc(C3(O)CCOCC3)c2)CC1. The molecule has 1 fully saturated rings. The van der Waals surface area contributed by atoms with E-state index in [1.807, 2.05) is 0 Å². The summed E-state index contributed by atoms with van der Waals surface area (Å²) in [6.07, 6.45) is 7.30. The van der Waals surface area contributed by atoms with Crippen LogP contribution in [0, 0.1) is 5.41 Å². The molecule has 0 radical (unpaired) electrons. The van der Waals surface area contributed by atoms with Gasteiger partial charge in [0.1, 0.15) is 0 Å². The van der Waals surface area contributed by atoms with Crippen molar-refractivity contribution in [1.29, 1.82) is 0 Å². The highest BCUT2D eigenvalue weighted by molar-refractivity contribution is 5.67. The molecule has 1 saturated heterocycles. The van der Waals surface area contributed by atoms with Crippen LogP contribution in [0.1, 0.15) is 57.1 Å². The van der Waals surface area contributed by atoms with Gasteiger partial charge in [0, 0.05) is 26.1 Å². The van der Waals surface area contributed by atoms with Crippen LogP contribution in [0.2, 0.25) is 0 Å². The summed E-state index contributed by atoms with van der Waals surface area (Å²) >= 11 is 0. The lowest BCUT2D eigenvalue weighted by Gasteiger charge is -2.33. The molecule has 2 nitrogen and oxygen atoms in total. The first-order valence-corrected chi connectivity index (χ1v) is 8.09. The third-order valence-corrected chi connectivity index (χ3v) is 5.06. The molecule has 3 rings (SSSR count). The molecule has 1 aliphatic carbocycles. The van der Waals surface area contributed by atoms with E-state index in [1.165, 1.54) is 17.6 Å². The van der Waals surface area contributed by atoms with Crippen molar-refractivity contribution in [2.75, 3.05) is 13.2 Å². The van der Waals surface area contributed by atoms with Gasteiger partial charge in [-0.25, -0.2) is 0 Å². The average Bonchev–Trinajstić information content (AvgIpc) is 2.48. The summed E-state index contributed by atoms with van der Waals surface area (Å²) in [5.74, 6) is 0. The molecule has 1 heterocycles. The van der Waals surface area contributed by atoms with Gasteiger partial charge in [0.2, 0.25) is 0 Å². The third kappa shape index (κ3) is 3.22. The van der Waals surface area contributed by atoms with E-state index >= 15 is 0 Å². The van der Waals surface area contributed by atoms with Gasteiger partial charge in [-0.05, 0) is 47.4 Å². The molecule has 114 valence electrons. The number of hydrogen-bond acceptors (Lipinski definition) is 2. The second-order valence-electron chi connectivity index (χ2n) is 7.32. The summed E-state index contributed by atoms with van der Waals surface area (Å²) in [7, 11) is 0. The molecule has 1 aliphatic heterocycles. The maximum atomic E-state index is 10.8. The zero-order valence-electron chi connectivity index (χ0n) is 13.2. The van der Waals surface area contributed by atoms with Gasteiger partial charge in [0.05, 0.1) is 5.60 Å². The fraction of sp³-hybridized carbons (Fsp3) is 0.579. The second-order valence-corrected chi connectivity index (χ2v) is 7.32. The van der Waals surface area contributed by atoms with Crippen LogP contribution in [-0.4, -0.2) is 18.3 Å². The minimum absolute atomic E-state index is 0.431. The number of ether oxygens (including phenoxy) is 1. The molecule has 1 aromatic rings. The molecular formula is C19H26O2. The summed E-state index contributed by atoms with van der Waals surface area (Å²) in [5, 5.41) is 10.8. The maximum Gasteiger partial charge on any atom is 0.0940 e. The molecule has 0 bridgehead atoms. The Morgan fingerprint density at radius 1 is 1.10 bits per heavy atom. The number of benzene rings is 1. The first-order valence-electron chi connectivity index (χ1n) is 8.09. The third-order valence-electron chi connectivity index (χ3n) is 5.06. The van der Waals surface area contributed by atoms with Gasteiger partial charge in [0.15, 0.2) is 0 Å². The van der Waals surface area contributed by atoms with Crippen LogP contribution >= 0.6 is 0 Å². The fourth-order valence-electron chi connectivity index (χ4n) is 3.35. The molecule has 2 aliphatic rings. The Balaban J connectivity index is 1.85. The minimum atomic E-state index is -0.706. The van der Waals surface area contributed by atoms with Crippen molar-refractivity contribution in [2.24, 2.45) is 5.41 Å². The standard InChI is InChI=1S/C19H26O2/c1-18(2)8-6-15(7-9-18)16-4-3-5-17(14-16)19(20)10-12-21-13-11-19/h3-6,14,20H,7-13H2,1-2H3. The minimum Gasteiger partial charge on any atom is -0.385 e. The van der Waals surface area contributed by atoms with E-state index in [4.69, 9.17) is 4.74 Å². The van der Waals surface area contributed by atoms with Gasteiger partial charge in [-0.1, -0.05) is 38.1 Å². The first kappa shape index (κ1) is 14.8. The Bertz CT molecular complexity index is 536. The van der Waals surface area contributed by atoms with Crippen LogP contribution in [0.3, 0.4) is 0 Å². The van der Waals surface area contributed by atoms with Crippen molar-refractivity contribution in [3.8, 4) is 0 Å². The maximum absolute atomic E-state index is 10.8. The Morgan fingerprint density at radius 2 is 1.86 bits per heavy atom. The molecule has 0 unspecified atom stereocenters. The number of rotatable bonds is 2. The van der Waals surface area contributed by atoms with E-state index in [-0.39, 0.29) is 0 Å². The first-order chi connectivity index (χ1) is 9.99. The van der Waals surface area contributed by atoms with Crippen molar-refractivity contribution in [3.63, 3.8) is 0 Å². The van der Waals surface area contributed by atoms with Crippen molar-refractivity contribution >= 4 is 5.57 Å². The smallest absolute Gasteiger partial charge is 0.0940 e. The quantitative estimate of drug-likeness (QED) is 0.879. The van der Waals surface area contributed by atoms with Crippen molar-refractivity contribution in [3.05, 3.63) is 41.5 Å². The Morgan fingerprint density at radius 3 is 2.52 bits per heavy atom. The highest BCUT2D eigenvalue weighted by Gasteiger charge is 2.32. The zero-order chi connectivity index (χ0) is 14.9. The van der Waals surface area contributed by atoms with Gasteiger partial charge >= 0.3 is 0 Å². The topological polar surface area (TPSA) is 29.5 Å². The molecule has 0 saturated carbocycles. The normalized spacial score (nSPS) is 24.4. The molecule has 1 N–H and O–H groups in total. The molecule has 0 amide bonds. The van der Waals surface area contributed by atoms with Crippen molar-refractivity contribution in [1.82, 2.24) is 0 Å². The predicted octanol–water partition coefficient (Wildman–Crippen LogP) is 4.28. The van der Waals surface area contributed by atoms with Crippen LogP contribution in [-0.2, 0) is 10.3 Å². The van der Waals surface area contributed by atoms with E-state index in [9.17, 15) is 5.11 Å². The summed E-state index contributed by atoms with van der Waals surface area (Å²) in [5.41, 5.74) is 3.49. The summed E-state index contributed by atoms with van der Waals surface area (Å²) in [6, 6.07) is 8.51. The molecule has 0 spiro atoms. The fourth-order valence-corrected chi connectivity index (χ4v) is 3.35. The molecule has 2 heteroatoms. The molecular weight excluding hydrogens is 260 g/mol. The Kier molecular flexibility index (Phi) is 3.94. The van der Waals surface area contributed by atoms with Crippen LogP contribution in [0.25, 0.3) is 5.57 Å². The summed E-state index contributed by atoms with van der Waals surface area (Å²) in [4.78, 5) is 0. The van der Waals surface area contributed by atoms with Gasteiger partial charge in [-0.2, -0.15) is 0 Å². The van der Waals surface area contributed by atoms with Gasteiger partial charge in [-0.3, -0.25) is 0 Å². The van der Waals surface area contributed by atoms with E-state index in [0.29, 0.717) is 31.5 Å². The highest BCUT2D eigenvalue weighted by atomic mass is 16.5.